The standard InChI is InChI=1S/C27H41NO10/c1-27(2,3)38-24(29)8-10-32-12-14-34-16-18-36-20-21-37-19-17-35-15-13-33-11-9-28-25(30)22-6-4-5-7-23(22)26(28)31/h4-7H,8-21H2,1-3H3. The number of nitrogens with zero attached hydrogens (tertiary/aromatic N) is 1. The van der Waals surface area contributed by atoms with Crippen molar-refractivity contribution in [2.45, 2.75) is 32.8 Å². The van der Waals surface area contributed by atoms with Gasteiger partial charge in [-0.05, 0) is 32.9 Å². The minimum absolute atomic E-state index is 0.212. The second-order valence-electron chi connectivity index (χ2n) is 9.32. The van der Waals surface area contributed by atoms with Crippen LogP contribution < -0.4 is 0 Å². The number of fused-ring (bicyclic) bond motifs is 1. The molecule has 38 heavy (non-hydrogen) atoms. The second kappa shape index (κ2) is 18.0. The molecule has 0 aliphatic carbocycles. The number of carbonyl (C=O) groups is 3. The normalized spacial score (nSPS) is 13.3. The highest BCUT2D eigenvalue weighted by Gasteiger charge is 2.34. The van der Waals surface area contributed by atoms with E-state index < -0.39 is 5.60 Å². The molecule has 0 N–H and O–H groups in total. The Balaban J connectivity index is 1.28. The van der Waals surface area contributed by atoms with Gasteiger partial charge in [-0.15, -0.1) is 0 Å². The fourth-order valence-corrected chi connectivity index (χ4v) is 3.35. The number of esters is 1. The van der Waals surface area contributed by atoms with E-state index in [1.165, 1.54) is 4.90 Å². The van der Waals surface area contributed by atoms with Gasteiger partial charge in [-0.2, -0.15) is 0 Å². The first-order chi connectivity index (χ1) is 18.3. The van der Waals surface area contributed by atoms with Gasteiger partial charge in [0.15, 0.2) is 0 Å². The zero-order valence-corrected chi connectivity index (χ0v) is 22.7. The van der Waals surface area contributed by atoms with Gasteiger partial charge in [0.05, 0.1) is 103 Å². The van der Waals surface area contributed by atoms with E-state index in [-0.39, 0.29) is 37.4 Å². The van der Waals surface area contributed by atoms with Gasteiger partial charge in [0.2, 0.25) is 0 Å². The second-order valence-corrected chi connectivity index (χ2v) is 9.32. The van der Waals surface area contributed by atoms with Crippen molar-refractivity contribution in [3.8, 4) is 0 Å². The summed E-state index contributed by atoms with van der Waals surface area (Å²) < 4.78 is 37.7. The van der Waals surface area contributed by atoms with Crippen molar-refractivity contribution >= 4 is 17.8 Å². The first-order valence-corrected chi connectivity index (χ1v) is 12.9. The lowest BCUT2D eigenvalue weighted by Gasteiger charge is -2.19. The Kier molecular flexibility index (Phi) is 15.0. The molecule has 2 rings (SSSR count). The number of amides is 2. The highest BCUT2D eigenvalue weighted by molar-refractivity contribution is 6.21. The molecule has 1 heterocycles. The molecule has 1 aromatic carbocycles. The Bertz CT molecular complexity index is 820. The van der Waals surface area contributed by atoms with Gasteiger partial charge in [-0.25, -0.2) is 0 Å². The van der Waals surface area contributed by atoms with Crippen molar-refractivity contribution in [2.75, 3.05) is 85.8 Å². The Hall–Kier alpha value is -2.41. The van der Waals surface area contributed by atoms with Crippen molar-refractivity contribution in [3.05, 3.63) is 35.4 Å². The molecule has 11 nitrogen and oxygen atoms in total. The molecule has 0 atom stereocenters. The van der Waals surface area contributed by atoms with E-state index >= 15 is 0 Å². The number of ether oxygens (including phenoxy) is 7. The largest absolute Gasteiger partial charge is 0.460 e. The van der Waals surface area contributed by atoms with E-state index in [2.05, 4.69) is 0 Å². The molecule has 0 bridgehead atoms. The summed E-state index contributed by atoms with van der Waals surface area (Å²) in [4.78, 5) is 37.3. The predicted molar refractivity (Wildman–Crippen MR) is 137 cm³/mol. The molecule has 11 heteroatoms. The van der Waals surface area contributed by atoms with Gasteiger partial charge < -0.3 is 33.2 Å². The van der Waals surface area contributed by atoms with E-state index in [1.54, 1.807) is 24.3 Å². The molecule has 1 aliphatic rings. The Labute approximate surface area is 224 Å². The Morgan fingerprint density at radius 2 is 1.00 bits per heavy atom. The average molecular weight is 540 g/mol. The molecule has 0 spiro atoms. The molecule has 0 fully saturated rings. The fraction of sp³-hybridized carbons (Fsp3) is 0.667. The first kappa shape index (κ1) is 31.8. The van der Waals surface area contributed by atoms with Crippen LogP contribution in [-0.2, 0) is 38.0 Å². The molecule has 1 aromatic rings. The van der Waals surface area contributed by atoms with Crippen molar-refractivity contribution in [2.24, 2.45) is 0 Å². The van der Waals surface area contributed by atoms with E-state index in [0.29, 0.717) is 83.8 Å². The molecule has 0 aromatic heterocycles. The first-order valence-electron chi connectivity index (χ1n) is 12.9. The lowest BCUT2D eigenvalue weighted by Crippen LogP contribution is -2.33. The molecule has 0 unspecified atom stereocenters. The van der Waals surface area contributed by atoms with Gasteiger partial charge in [0.25, 0.3) is 11.8 Å². The van der Waals surface area contributed by atoms with Crippen LogP contribution in [0.2, 0.25) is 0 Å². The molecule has 0 saturated heterocycles. The van der Waals surface area contributed by atoms with Crippen LogP contribution in [0, 0.1) is 0 Å². The zero-order valence-electron chi connectivity index (χ0n) is 22.7. The maximum absolute atomic E-state index is 12.3. The van der Waals surface area contributed by atoms with E-state index in [4.69, 9.17) is 33.2 Å². The van der Waals surface area contributed by atoms with Crippen molar-refractivity contribution < 1.29 is 47.5 Å². The van der Waals surface area contributed by atoms with Crippen LogP contribution in [-0.4, -0.2) is 114 Å². The number of imide groups is 1. The molecular weight excluding hydrogens is 498 g/mol. The maximum atomic E-state index is 12.3. The number of benzene rings is 1. The smallest absolute Gasteiger partial charge is 0.308 e. The number of carbonyl (C=O) groups excluding carboxylic acids is 3. The van der Waals surface area contributed by atoms with Crippen LogP contribution in [0.15, 0.2) is 24.3 Å². The summed E-state index contributed by atoms with van der Waals surface area (Å²) >= 11 is 0. The molecule has 0 saturated carbocycles. The number of hydrogen-bond acceptors (Lipinski definition) is 10. The summed E-state index contributed by atoms with van der Waals surface area (Å²) in [6.07, 6.45) is 0.223. The fourth-order valence-electron chi connectivity index (χ4n) is 3.35. The zero-order chi connectivity index (χ0) is 27.6. The van der Waals surface area contributed by atoms with E-state index in [9.17, 15) is 14.4 Å². The van der Waals surface area contributed by atoms with Gasteiger partial charge in [0, 0.05) is 0 Å². The highest BCUT2D eigenvalue weighted by Crippen LogP contribution is 2.21. The van der Waals surface area contributed by atoms with Gasteiger partial charge in [-0.3, -0.25) is 19.3 Å². The van der Waals surface area contributed by atoms with Crippen molar-refractivity contribution in [1.29, 1.82) is 0 Å². The quantitative estimate of drug-likeness (QED) is 0.131. The average Bonchev–Trinajstić information content (AvgIpc) is 3.11. The van der Waals surface area contributed by atoms with Gasteiger partial charge in [0.1, 0.15) is 5.60 Å². The molecule has 1 aliphatic heterocycles. The molecule has 2 amide bonds. The van der Waals surface area contributed by atoms with Crippen LogP contribution in [0.5, 0.6) is 0 Å². The molecular formula is C27H41NO10. The van der Waals surface area contributed by atoms with Gasteiger partial charge in [-0.1, -0.05) is 12.1 Å². The summed E-state index contributed by atoms with van der Waals surface area (Å²) in [5.74, 6) is -0.834. The van der Waals surface area contributed by atoms with E-state index in [1.807, 2.05) is 20.8 Å². The summed E-state index contributed by atoms with van der Waals surface area (Å²) in [5.41, 5.74) is 0.400. The highest BCUT2D eigenvalue weighted by atomic mass is 16.6. The van der Waals surface area contributed by atoms with Crippen LogP contribution in [0.25, 0.3) is 0 Å². The molecule has 0 radical (unpaired) electrons. The summed E-state index contributed by atoms with van der Waals surface area (Å²) in [6, 6.07) is 6.80. The third kappa shape index (κ3) is 12.9. The van der Waals surface area contributed by atoms with Crippen LogP contribution in [0.4, 0.5) is 0 Å². The third-order valence-electron chi connectivity index (χ3n) is 5.07. The molecule has 214 valence electrons. The van der Waals surface area contributed by atoms with Crippen LogP contribution >= 0.6 is 0 Å². The topological polar surface area (TPSA) is 119 Å². The minimum Gasteiger partial charge on any atom is -0.460 e. The maximum Gasteiger partial charge on any atom is 0.308 e. The van der Waals surface area contributed by atoms with Gasteiger partial charge >= 0.3 is 5.97 Å². The number of hydrogen-bond donors (Lipinski definition) is 0. The Morgan fingerprint density at radius 1 is 0.632 bits per heavy atom. The number of rotatable bonds is 21. The lowest BCUT2D eigenvalue weighted by atomic mass is 10.1. The predicted octanol–water partition coefficient (Wildman–Crippen LogP) is 2.11. The summed E-state index contributed by atoms with van der Waals surface area (Å²) in [5, 5.41) is 0. The van der Waals surface area contributed by atoms with Crippen molar-refractivity contribution in [3.63, 3.8) is 0 Å². The minimum atomic E-state index is -0.480. The van der Waals surface area contributed by atoms with E-state index in [0.717, 1.165) is 0 Å². The Morgan fingerprint density at radius 3 is 1.39 bits per heavy atom. The third-order valence-corrected chi connectivity index (χ3v) is 5.07. The summed E-state index contributed by atoms with van der Waals surface area (Å²) in [6.45, 7) is 10.5. The van der Waals surface area contributed by atoms with Crippen LogP contribution in [0.1, 0.15) is 47.9 Å². The monoisotopic (exact) mass is 539 g/mol. The van der Waals surface area contributed by atoms with Crippen molar-refractivity contribution in [1.82, 2.24) is 4.90 Å². The van der Waals surface area contributed by atoms with Crippen LogP contribution in [0.3, 0.4) is 0 Å². The lowest BCUT2D eigenvalue weighted by molar-refractivity contribution is -0.156. The summed E-state index contributed by atoms with van der Waals surface area (Å²) in [7, 11) is 0. The SMILES string of the molecule is CC(C)(C)OC(=O)CCOCCOCCOCCOCCOCCOCCN1C(=O)c2ccccc2C1=O.